The third-order valence-electron chi connectivity index (χ3n) is 3.21. The number of hydrogen-bond acceptors (Lipinski definition) is 2. The Hall–Kier alpha value is -0.930. The average Bonchev–Trinajstić information content (AvgIpc) is 2.31. The predicted octanol–water partition coefficient (Wildman–Crippen LogP) is 2.51. The van der Waals surface area contributed by atoms with Crippen LogP contribution >= 0.6 is 0 Å². The molecule has 0 amide bonds. The average molecular weight is 223 g/mol. The Morgan fingerprint density at radius 3 is 3.00 bits per heavy atom. The minimum absolute atomic E-state index is 0.0925. The molecule has 0 bridgehead atoms. The zero-order chi connectivity index (χ0) is 11.4. The Balaban J connectivity index is 2.19. The summed E-state index contributed by atoms with van der Waals surface area (Å²) in [7, 11) is 1.70. The van der Waals surface area contributed by atoms with E-state index in [4.69, 9.17) is 4.74 Å². The van der Waals surface area contributed by atoms with Crippen molar-refractivity contribution in [1.29, 1.82) is 0 Å². The maximum atomic E-state index is 13.7. The van der Waals surface area contributed by atoms with Gasteiger partial charge in [0.1, 0.15) is 5.82 Å². The van der Waals surface area contributed by atoms with Crippen LogP contribution in [0.2, 0.25) is 0 Å². The van der Waals surface area contributed by atoms with E-state index in [1.165, 1.54) is 6.07 Å². The zero-order valence-electron chi connectivity index (χ0n) is 9.58. The summed E-state index contributed by atoms with van der Waals surface area (Å²) in [5, 5.41) is 3.39. The Bertz CT molecular complexity index is 340. The maximum absolute atomic E-state index is 13.7. The largest absolute Gasteiger partial charge is 0.384 e. The number of rotatable bonds is 3. The van der Waals surface area contributed by atoms with Gasteiger partial charge in [-0.2, -0.15) is 0 Å². The second-order valence-electron chi connectivity index (χ2n) is 4.31. The van der Waals surface area contributed by atoms with E-state index in [9.17, 15) is 4.39 Å². The molecule has 1 fully saturated rings. The molecule has 1 aliphatic rings. The molecule has 0 saturated carbocycles. The minimum atomic E-state index is -0.122. The predicted molar refractivity (Wildman–Crippen MR) is 61.7 cm³/mol. The molecule has 2 unspecified atom stereocenters. The second-order valence-corrected chi connectivity index (χ2v) is 4.31. The zero-order valence-corrected chi connectivity index (χ0v) is 9.58. The van der Waals surface area contributed by atoms with Crippen molar-refractivity contribution in [2.45, 2.75) is 18.9 Å². The third kappa shape index (κ3) is 2.42. The highest BCUT2D eigenvalue weighted by Crippen LogP contribution is 2.30. The van der Waals surface area contributed by atoms with Crippen LogP contribution in [0.3, 0.4) is 0 Å². The number of nitrogens with one attached hydrogen (secondary N) is 1. The van der Waals surface area contributed by atoms with Gasteiger partial charge in [-0.05, 0) is 25.5 Å². The molecule has 88 valence electrons. The Morgan fingerprint density at radius 1 is 1.44 bits per heavy atom. The second kappa shape index (κ2) is 5.41. The van der Waals surface area contributed by atoms with Crippen LogP contribution in [-0.2, 0) is 4.74 Å². The summed E-state index contributed by atoms with van der Waals surface area (Å²) in [5.41, 5.74) is 0.768. The maximum Gasteiger partial charge on any atom is 0.127 e. The molecule has 1 heterocycles. The molecule has 1 aliphatic heterocycles. The molecule has 16 heavy (non-hydrogen) atoms. The van der Waals surface area contributed by atoms with Gasteiger partial charge in [0.25, 0.3) is 0 Å². The molecule has 0 radical (unpaired) electrons. The monoisotopic (exact) mass is 223 g/mol. The van der Waals surface area contributed by atoms with E-state index < -0.39 is 0 Å². The van der Waals surface area contributed by atoms with Gasteiger partial charge in [-0.15, -0.1) is 0 Å². The van der Waals surface area contributed by atoms with E-state index in [-0.39, 0.29) is 11.9 Å². The Kier molecular flexibility index (Phi) is 3.91. The smallest absolute Gasteiger partial charge is 0.127 e. The molecule has 3 heteroatoms. The van der Waals surface area contributed by atoms with Gasteiger partial charge >= 0.3 is 0 Å². The summed E-state index contributed by atoms with van der Waals surface area (Å²) in [4.78, 5) is 0. The highest BCUT2D eigenvalue weighted by atomic mass is 19.1. The van der Waals surface area contributed by atoms with Crippen molar-refractivity contribution in [3.05, 3.63) is 35.6 Å². The fourth-order valence-corrected chi connectivity index (χ4v) is 2.44. The van der Waals surface area contributed by atoms with Crippen molar-refractivity contribution >= 4 is 0 Å². The van der Waals surface area contributed by atoms with E-state index in [1.807, 2.05) is 12.1 Å². The lowest BCUT2D eigenvalue weighted by Crippen LogP contribution is -2.36. The number of piperidine rings is 1. The van der Waals surface area contributed by atoms with Crippen LogP contribution < -0.4 is 5.32 Å². The lowest BCUT2D eigenvalue weighted by molar-refractivity contribution is 0.111. The number of hydrogen-bond donors (Lipinski definition) is 1. The molecule has 2 rings (SSSR count). The van der Waals surface area contributed by atoms with E-state index in [1.54, 1.807) is 13.2 Å². The fourth-order valence-electron chi connectivity index (χ4n) is 2.44. The first-order valence-electron chi connectivity index (χ1n) is 5.79. The molecular weight excluding hydrogens is 205 g/mol. The lowest BCUT2D eigenvalue weighted by atomic mass is 9.86. The normalized spacial score (nSPS) is 25.6. The molecule has 1 N–H and O–H groups in total. The van der Waals surface area contributed by atoms with Crippen molar-refractivity contribution < 1.29 is 9.13 Å². The van der Waals surface area contributed by atoms with Crippen LogP contribution in [0.25, 0.3) is 0 Å². The van der Waals surface area contributed by atoms with Gasteiger partial charge in [-0.3, -0.25) is 0 Å². The van der Waals surface area contributed by atoms with E-state index in [0.717, 1.165) is 24.9 Å². The van der Waals surface area contributed by atoms with E-state index >= 15 is 0 Å². The molecule has 0 aromatic heterocycles. The number of ether oxygens (including phenoxy) is 1. The van der Waals surface area contributed by atoms with Gasteiger partial charge in [0.2, 0.25) is 0 Å². The van der Waals surface area contributed by atoms with Gasteiger partial charge in [0.15, 0.2) is 0 Å². The standard InChI is InChI=1S/C13H18FNO/c1-16-9-10-5-4-8-15-13(10)11-6-2-3-7-12(11)14/h2-3,6-7,10,13,15H,4-5,8-9H2,1H3. The van der Waals surface area contributed by atoms with Crippen molar-refractivity contribution in [1.82, 2.24) is 5.32 Å². The van der Waals surface area contributed by atoms with Crippen LogP contribution in [-0.4, -0.2) is 20.3 Å². The first kappa shape index (κ1) is 11.6. The summed E-state index contributed by atoms with van der Waals surface area (Å²) in [6, 6.07) is 7.09. The van der Waals surface area contributed by atoms with Crippen molar-refractivity contribution in [3.63, 3.8) is 0 Å². The van der Waals surface area contributed by atoms with Crippen LogP contribution in [0.4, 0.5) is 4.39 Å². The summed E-state index contributed by atoms with van der Waals surface area (Å²) >= 11 is 0. The summed E-state index contributed by atoms with van der Waals surface area (Å²) in [5.74, 6) is 0.249. The first-order chi connectivity index (χ1) is 7.83. The molecule has 1 aromatic rings. The molecule has 1 aromatic carbocycles. The van der Waals surface area contributed by atoms with Crippen LogP contribution in [0.5, 0.6) is 0 Å². The van der Waals surface area contributed by atoms with Crippen LogP contribution in [0.15, 0.2) is 24.3 Å². The SMILES string of the molecule is COCC1CCCNC1c1ccccc1F. The fraction of sp³-hybridized carbons (Fsp3) is 0.538. The van der Waals surface area contributed by atoms with Crippen LogP contribution in [0, 0.1) is 11.7 Å². The van der Waals surface area contributed by atoms with Gasteiger partial charge < -0.3 is 10.1 Å². The molecular formula is C13H18FNO. The van der Waals surface area contributed by atoms with E-state index in [2.05, 4.69) is 5.32 Å². The molecule has 0 aliphatic carbocycles. The van der Waals surface area contributed by atoms with E-state index in [0.29, 0.717) is 12.5 Å². The summed E-state index contributed by atoms with van der Waals surface area (Å²) < 4.78 is 18.9. The minimum Gasteiger partial charge on any atom is -0.384 e. The van der Waals surface area contributed by atoms with Crippen molar-refractivity contribution in [2.75, 3.05) is 20.3 Å². The third-order valence-corrected chi connectivity index (χ3v) is 3.21. The summed E-state index contributed by atoms with van der Waals surface area (Å²) in [6.07, 6.45) is 2.23. The number of halogens is 1. The molecule has 1 saturated heterocycles. The molecule has 2 nitrogen and oxygen atoms in total. The highest BCUT2D eigenvalue weighted by Gasteiger charge is 2.27. The van der Waals surface area contributed by atoms with Gasteiger partial charge in [0, 0.05) is 24.6 Å². The first-order valence-corrected chi connectivity index (χ1v) is 5.79. The highest BCUT2D eigenvalue weighted by molar-refractivity contribution is 5.22. The summed E-state index contributed by atoms with van der Waals surface area (Å²) in [6.45, 7) is 1.64. The topological polar surface area (TPSA) is 21.3 Å². The quantitative estimate of drug-likeness (QED) is 0.850. The number of benzene rings is 1. The Labute approximate surface area is 95.8 Å². The molecule has 0 spiro atoms. The number of methoxy groups -OCH3 is 1. The van der Waals surface area contributed by atoms with Crippen LogP contribution in [0.1, 0.15) is 24.4 Å². The Morgan fingerprint density at radius 2 is 2.25 bits per heavy atom. The van der Waals surface area contributed by atoms with Gasteiger partial charge in [-0.25, -0.2) is 4.39 Å². The van der Waals surface area contributed by atoms with Crippen molar-refractivity contribution in [3.8, 4) is 0 Å². The lowest BCUT2D eigenvalue weighted by Gasteiger charge is -2.32. The van der Waals surface area contributed by atoms with Crippen molar-refractivity contribution in [2.24, 2.45) is 5.92 Å². The van der Waals surface area contributed by atoms with Gasteiger partial charge in [-0.1, -0.05) is 18.2 Å². The van der Waals surface area contributed by atoms with Gasteiger partial charge in [0.05, 0.1) is 6.61 Å². The molecule has 2 atom stereocenters.